The predicted octanol–water partition coefficient (Wildman–Crippen LogP) is 2.96. The van der Waals surface area contributed by atoms with Crippen molar-refractivity contribution in [2.24, 2.45) is 0 Å². The highest BCUT2D eigenvalue weighted by Gasteiger charge is 2.36. The summed E-state index contributed by atoms with van der Waals surface area (Å²) in [4.78, 5) is 14.9. The quantitative estimate of drug-likeness (QED) is 0.734. The van der Waals surface area contributed by atoms with Crippen LogP contribution in [0.3, 0.4) is 0 Å². The van der Waals surface area contributed by atoms with Crippen LogP contribution in [0.2, 0.25) is 0 Å². The smallest absolute Gasteiger partial charge is 0.326 e. The van der Waals surface area contributed by atoms with E-state index in [0.717, 1.165) is 13.0 Å². The third-order valence-electron chi connectivity index (χ3n) is 4.58. The molecule has 1 saturated heterocycles. The Morgan fingerprint density at radius 2 is 1.90 bits per heavy atom. The molecule has 1 aliphatic heterocycles. The second kappa shape index (κ2) is 8.14. The van der Waals surface area contributed by atoms with E-state index in [-0.39, 0.29) is 12.0 Å². The lowest BCUT2D eigenvalue weighted by molar-refractivity contribution is -0.151. The molecule has 0 aromatic rings. The minimum atomic E-state index is -0.596. The summed E-state index contributed by atoms with van der Waals surface area (Å²) >= 11 is 0. The van der Waals surface area contributed by atoms with Crippen LogP contribution in [0.25, 0.3) is 0 Å². The number of hydrogen-bond donors (Lipinski definition) is 1. The van der Waals surface area contributed by atoms with E-state index in [1.807, 2.05) is 13.8 Å². The average Bonchev–Trinajstić information content (AvgIpc) is 2.37. The first-order valence-electron chi connectivity index (χ1n) is 8.50. The van der Waals surface area contributed by atoms with Crippen molar-refractivity contribution in [1.29, 1.82) is 0 Å². The maximum Gasteiger partial charge on any atom is 0.326 e. The van der Waals surface area contributed by atoms with Gasteiger partial charge in [-0.3, -0.25) is 15.0 Å². The fourth-order valence-corrected chi connectivity index (χ4v) is 3.43. The molecule has 0 radical (unpaired) electrons. The Bertz CT molecular complexity index is 323. The number of hydrogen-bond acceptors (Lipinski definition) is 4. The zero-order valence-corrected chi connectivity index (χ0v) is 14.7. The molecular formula is C17H34N2O2. The summed E-state index contributed by atoms with van der Waals surface area (Å²) < 4.78 is 5.28. The molecular weight excluding hydrogens is 264 g/mol. The third kappa shape index (κ3) is 5.26. The fourth-order valence-electron chi connectivity index (χ4n) is 3.43. The lowest BCUT2D eigenvalue weighted by atomic mass is 9.92. The monoisotopic (exact) mass is 298 g/mol. The number of rotatable bonds is 7. The first-order valence-corrected chi connectivity index (χ1v) is 8.50. The highest BCUT2D eigenvalue weighted by molar-refractivity contribution is 5.80. The summed E-state index contributed by atoms with van der Waals surface area (Å²) in [7, 11) is 0. The van der Waals surface area contributed by atoms with Gasteiger partial charge in [-0.05, 0) is 60.8 Å². The number of likely N-dealkylation sites (tertiary alicyclic amines) is 1. The van der Waals surface area contributed by atoms with Gasteiger partial charge in [0, 0.05) is 24.7 Å². The third-order valence-corrected chi connectivity index (χ3v) is 4.58. The first-order chi connectivity index (χ1) is 9.80. The number of esters is 1. The minimum absolute atomic E-state index is 0.129. The Morgan fingerprint density at radius 3 is 2.38 bits per heavy atom. The van der Waals surface area contributed by atoms with Crippen molar-refractivity contribution in [3.05, 3.63) is 0 Å². The molecule has 4 heteroatoms. The Balaban J connectivity index is 2.69. The van der Waals surface area contributed by atoms with Crippen LogP contribution < -0.4 is 5.32 Å². The van der Waals surface area contributed by atoms with Crippen LogP contribution in [0.15, 0.2) is 0 Å². The normalized spacial score (nSPS) is 26.6. The number of piperidine rings is 1. The van der Waals surface area contributed by atoms with E-state index >= 15 is 0 Å². The summed E-state index contributed by atoms with van der Waals surface area (Å²) in [6.07, 6.45) is 4.63. The molecule has 0 aromatic heterocycles. The van der Waals surface area contributed by atoms with Crippen LogP contribution >= 0.6 is 0 Å². The Morgan fingerprint density at radius 1 is 1.33 bits per heavy atom. The standard InChI is InChI=1S/C17H34N2O2/c1-7-21-16(20)17(6,18-13(2)3)11-12-19-14(4)9-8-10-15(19)5/h13-15,18H,7-12H2,1-6H3. The topological polar surface area (TPSA) is 41.6 Å². The van der Waals surface area contributed by atoms with Crippen LogP contribution in [-0.2, 0) is 9.53 Å². The van der Waals surface area contributed by atoms with E-state index in [2.05, 4.69) is 37.9 Å². The van der Waals surface area contributed by atoms with Gasteiger partial charge in [0.25, 0.3) is 0 Å². The molecule has 1 heterocycles. The highest BCUT2D eigenvalue weighted by Crippen LogP contribution is 2.24. The van der Waals surface area contributed by atoms with Gasteiger partial charge in [-0.1, -0.05) is 6.42 Å². The fraction of sp³-hybridized carbons (Fsp3) is 0.941. The molecule has 0 bridgehead atoms. The van der Waals surface area contributed by atoms with Crippen molar-refractivity contribution in [1.82, 2.24) is 10.2 Å². The molecule has 1 aliphatic rings. The van der Waals surface area contributed by atoms with Gasteiger partial charge in [-0.15, -0.1) is 0 Å². The summed E-state index contributed by atoms with van der Waals surface area (Å²) in [5, 5.41) is 3.41. The molecule has 1 N–H and O–H groups in total. The van der Waals surface area contributed by atoms with Crippen LogP contribution in [0.4, 0.5) is 0 Å². The van der Waals surface area contributed by atoms with E-state index < -0.39 is 5.54 Å². The number of nitrogens with one attached hydrogen (secondary N) is 1. The molecule has 1 fully saturated rings. The zero-order chi connectivity index (χ0) is 16.0. The van der Waals surface area contributed by atoms with Crippen molar-refractivity contribution in [3.8, 4) is 0 Å². The summed E-state index contributed by atoms with van der Waals surface area (Å²) in [6.45, 7) is 14.0. The minimum Gasteiger partial charge on any atom is -0.465 e. The van der Waals surface area contributed by atoms with Crippen LogP contribution in [-0.4, -0.2) is 47.7 Å². The highest BCUT2D eigenvalue weighted by atomic mass is 16.5. The molecule has 124 valence electrons. The number of nitrogens with zero attached hydrogens (tertiary/aromatic N) is 1. The van der Waals surface area contributed by atoms with Crippen LogP contribution in [0, 0.1) is 0 Å². The van der Waals surface area contributed by atoms with E-state index in [1.165, 1.54) is 19.3 Å². The molecule has 0 aromatic carbocycles. The Hall–Kier alpha value is -0.610. The van der Waals surface area contributed by atoms with Crippen molar-refractivity contribution in [2.45, 2.75) is 90.9 Å². The lowest BCUT2D eigenvalue weighted by Gasteiger charge is -2.41. The summed E-state index contributed by atoms with van der Waals surface area (Å²) in [5.74, 6) is -0.129. The number of carbonyl (C=O) groups excluding carboxylic acids is 1. The molecule has 0 saturated carbocycles. The average molecular weight is 298 g/mol. The number of ether oxygens (including phenoxy) is 1. The van der Waals surface area contributed by atoms with Crippen molar-refractivity contribution >= 4 is 5.97 Å². The summed E-state index contributed by atoms with van der Waals surface area (Å²) in [5.41, 5.74) is -0.596. The summed E-state index contributed by atoms with van der Waals surface area (Å²) in [6, 6.07) is 1.48. The maximum absolute atomic E-state index is 12.3. The lowest BCUT2D eigenvalue weighted by Crippen LogP contribution is -2.56. The zero-order valence-electron chi connectivity index (χ0n) is 14.7. The van der Waals surface area contributed by atoms with Gasteiger partial charge < -0.3 is 4.74 Å². The molecule has 3 unspecified atom stereocenters. The van der Waals surface area contributed by atoms with Gasteiger partial charge in [0.05, 0.1) is 6.61 Å². The Labute approximate surface area is 130 Å². The molecule has 4 nitrogen and oxygen atoms in total. The van der Waals surface area contributed by atoms with Gasteiger partial charge in [0.1, 0.15) is 5.54 Å². The largest absolute Gasteiger partial charge is 0.465 e. The van der Waals surface area contributed by atoms with Crippen LogP contribution in [0.1, 0.15) is 67.2 Å². The van der Waals surface area contributed by atoms with Gasteiger partial charge in [0.15, 0.2) is 0 Å². The maximum atomic E-state index is 12.3. The Kier molecular flexibility index (Phi) is 7.14. The van der Waals surface area contributed by atoms with E-state index in [0.29, 0.717) is 18.7 Å². The van der Waals surface area contributed by atoms with Gasteiger partial charge in [-0.25, -0.2) is 0 Å². The van der Waals surface area contributed by atoms with Crippen molar-refractivity contribution in [2.75, 3.05) is 13.2 Å². The second-order valence-electron chi connectivity index (χ2n) is 6.97. The molecule has 21 heavy (non-hydrogen) atoms. The molecule has 1 rings (SSSR count). The molecule has 0 amide bonds. The molecule has 3 atom stereocenters. The van der Waals surface area contributed by atoms with Crippen molar-refractivity contribution in [3.63, 3.8) is 0 Å². The van der Waals surface area contributed by atoms with E-state index in [9.17, 15) is 4.79 Å². The van der Waals surface area contributed by atoms with Gasteiger partial charge in [-0.2, -0.15) is 0 Å². The number of carbonyl (C=O) groups is 1. The van der Waals surface area contributed by atoms with Crippen molar-refractivity contribution < 1.29 is 9.53 Å². The molecule has 0 spiro atoms. The van der Waals surface area contributed by atoms with E-state index in [1.54, 1.807) is 0 Å². The predicted molar refractivity (Wildman–Crippen MR) is 87.4 cm³/mol. The van der Waals surface area contributed by atoms with E-state index in [4.69, 9.17) is 4.74 Å². The van der Waals surface area contributed by atoms with Crippen LogP contribution in [0.5, 0.6) is 0 Å². The van der Waals surface area contributed by atoms with Gasteiger partial charge >= 0.3 is 5.97 Å². The second-order valence-corrected chi connectivity index (χ2v) is 6.97. The van der Waals surface area contributed by atoms with Gasteiger partial charge in [0.2, 0.25) is 0 Å². The molecule has 0 aliphatic carbocycles. The first kappa shape index (κ1) is 18.4. The SMILES string of the molecule is CCOC(=O)C(C)(CCN1C(C)CCCC1C)NC(C)C.